The second-order valence-corrected chi connectivity index (χ2v) is 11.3. The van der Waals surface area contributed by atoms with Gasteiger partial charge in [-0.3, -0.25) is 0 Å². The average Bonchev–Trinajstić information content (AvgIpc) is 2.70. The van der Waals surface area contributed by atoms with E-state index in [1.54, 1.807) is 23.5 Å². The zero-order valence-corrected chi connectivity index (χ0v) is 22.3. The highest BCUT2D eigenvalue weighted by Crippen LogP contribution is 2.38. The number of halogens is 4. The molecule has 0 rings (SSSR count). The molecule has 0 bridgehead atoms. The molecule has 0 nitrogen and oxygen atoms in total. The van der Waals surface area contributed by atoms with E-state index >= 15 is 0 Å². The third-order valence-corrected chi connectivity index (χ3v) is 8.69. The summed E-state index contributed by atoms with van der Waals surface area (Å²) in [5.41, 5.74) is 0. The van der Waals surface area contributed by atoms with Crippen LogP contribution in [0.4, 0.5) is 0 Å². The molecule has 0 unspecified atom stereocenters. The zero-order chi connectivity index (χ0) is 21.0. The molecule has 0 heterocycles. The van der Waals surface area contributed by atoms with Gasteiger partial charge in [0, 0.05) is 0 Å². The van der Waals surface area contributed by atoms with Gasteiger partial charge >= 0.3 is 0 Å². The maximum absolute atomic E-state index is 6.32. The van der Waals surface area contributed by atoms with E-state index in [1.807, 2.05) is 0 Å². The molecule has 0 aliphatic rings. The van der Waals surface area contributed by atoms with Crippen molar-refractivity contribution >= 4 is 69.9 Å². The van der Waals surface area contributed by atoms with Crippen molar-refractivity contribution in [2.24, 2.45) is 0 Å². The van der Waals surface area contributed by atoms with Crippen LogP contribution in [0.3, 0.4) is 0 Å². The molecule has 0 saturated heterocycles. The number of hydrogen-bond acceptors (Lipinski definition) is 2. The van der Waals surface area contributed by atoms with Crippen LogP contribution >= 0.6 is 69.9 Å². The summed E-state index contributed by atoms with van der Waals surface area (Å²) in [4.78, 5) is 0. The highest BCUT2D eigenvalue weighted by atomic mass is 35.5. The zero-order valence-electron chi connectivity index (χ0n) is 17.6. The van der Waals surface area contributed by atoms with E-state index < -0.39 is 0 Å². The second kappa shape index (κ2) is 21.6. The molecule has 0 spiro atoms. The summed E-state index contributed by atoms with van der Waals surface area (Å²) in [6, 6.07) is 0. The van der Waals surface area contributed by atoms with Crippen molar-refractivity contribution in [3.8, 4) is 0 Å². The molecule has 0 aromatic rings. The molecule has 166 valence electrons. The lowest BCUT2D eigenvalue weighted by atomic mass is 10.1. The van der Waals surface area contributed by atoms with Crippen LogP contribution in [0.5, 0.6) is 0 Å². The highest BCUT2D eigenvalue weighted by Gasteiger charge is 2.12. The average molecular weight is 508 g/mol. The summed E-state index contributed by atoms with van der Waals surface area (Å²) in [5.74, 6) is 1.94. The van der Waals surface area contributed by atoms with Crippen molar-refractivity contribution < 1.29 is 0 Å². The maximum Gasteiger partial charge on any atom is 0.0937 e. The summed E-state index contributed by atoms with van der Waals surface area (Å²) < 4.78 is 1.10. The first-order valence-corrected chi connectivity index (χ1v) is 14.4. The minimum absolute atomic E-state index is 0.383. The van der Waals surface area contributed by atoms with Crippen molar-refractivity contribution in [1.82, 2.24) is 0 Å². The third-order valence-electron chi connectivity index (χ3n) is 4.49. The number of allylic oxidation sites excluding steroid dienone is 2. The van der Waals surface area contributed by atoms with Crippen LogP contribution in [0, 0.1) is 0 Å². The van der Waals surface area contributed by atoms with E-state index in [-0.39, 0.29) is 0 Å². The first-order chi connectivity index (χ1) is 13.5. The summed E-state index contributed by atoms with van der Waals surface area (Å²) in [7, 11) is 0. The molecule has 0 atom stereocenters. The molecule has 0 saturated carbocycles. The van der Waals surface area contributed by atoms with Crippen LogP contribution in [-0.2, 0) is 0 Å². The molecule has 6 heteroatoms. The fourth-order valence-electron chi connectivity index (χ4n) is 2.74. The van der Waals surface area contributed by atoms with E-state index in [1.165, 1.54) is 77.0 Å². The molecule has 0 N–H and O–H groups in total. The van der Waals surface area contributed by atoms with E-state index in [4.69, 9.17) is 46.4 Å². The lowest BCUT2D eigenvalue weighted by Crippen LogP contribution is -1.86. The van der Waals surface area contributed by atoms with Crippen LogP contribution in [0.25, 0.3) is 0 Å². The topological polar surface area (TPSA) is 0 Å². The Morgan fingerprint density at radius 2 is 0.750 bits per heavy atom. The third kappa shape index (κ3) is 17.1. The van der Waals surface area contributed by atoms with Gasteiger partial charge in [0.15, 0.2) is 0 Å². The Hall–Kier alpha value is 1.34. The van der Waals surface area contributed by atoms with Crippen LogP contribution in [0.1, 0.15) is 104 Å². The maximum atomic E-state index is 6.32. The molecule has 0 radical (unpaired) electrons. The summed E-state index contributed by atoms with van der Waals surface area (Å²) >= 11 is 28.4. The van der Waals surface area contributed by atoms with Crippen LogP contribution in [-0.4, -0.2) is 11.5 Å². The largest absolute Gasteiger partial charge is 0.112 e. The predicted molar refractivity (Wildman–Crippen MR) is 138 cm³/mol. The number of unbranched alkanes of at least 4 members (excludes halogenated alkanes) is 12. The van der Waals surface area contributed by atoms with E-state index in [0.29, 0.717) is 18.8 Å². The van der Waals surface area contributed by atoms with Gasteiger partial charge in [-0.2, -0.15) is 0 Å². The molecule has 28 heavy (non-hydrogen) atoms. The molecular weight excluding hydrogens is 470 g/mol. The Morgan fingerprint density at radius 3 is 1.07 bits per heavy atom. The van der Waals surface area contributed by atoms with Crippen molar-refractivity contribution in [2.75, 3.05) is 11.5 Å². The van der Waals surface area contributed by atoms with E-state index in [9.17, 15) is 0 Å². The van der Waals surface area contributed by atoms with Crippen molar-refractivity contribution in [2.45, 2.75) is 104 Å². The number of hydrogen-bond donors (Lipinski definition) is 0. The summed E-state index contributed by atoms with van der Waals surface area (Å²) in [5, 5.41) is 0.765. The van der Waals surface area contributed by atoms with Gasteiger partial charge in [0.05, 0.1) is 18.8 Å². The minimum atomic E-state index is 0.383. The SMILES string of the molecule is CCCCCCCCCS/C(Cl)=C(Cl)\C(Cl)=C(\Cl)SCCCCCCCCC. The molecule has 0 aliphatic heterocycles. The smallest absolute Gasteiger partial charge is 0.0937 e. The van der Waals surface area contributed by atoms with Gasteiger partial charge in [-0.25, -0.2) is 0 Å². The first-order valence-electron chi connectivity index (χ1n) is 10.9. The normalized spacial score (nSPS) is 13.5. The van der Waals surface area contributed by atoms with Gasteiger partial charge < -0.3 is 0 Å². The molecule has 0 fully saturated rings. The Kier molecular flexibility index (Phi) is 22.6. The van der Waals surface area contributed by atoms with Crippen molar-refractivity contribution in [3.63, 3.8) is 0 Å². The lowest BCUT2D eigenvalue weighted by Gasteiger charge is -2.06. The Morgan fingerprint density at radius 1 is 0.464 bits per heavy atom. The monoisotopic (exact) mass is 506 g/mol. The Labute approximate surface area is 202 Å². The quantitative estimate of drug-likeness (QED) is 0.126. The number of rotatable bonds is 19. The van der Waals surface area contributed by atoms with Gasteiger partial charge in [-0.1, -0.05) is 137 Å². The summed E-state index contributed by atoms with van der Waals surface area (Å²) in [6.07, 6.45) is 18.1. The first kappa shape index (κ1) is 29.3. The van der Waals surface area contributed by atoms with Crippen LogP contribution in [0.2, 0.25) is 0 Å². The van der Waals surface area contributed by atoms with Crippen molar-refractivity contribution in [3.05, 3.63) is 18.8 Å². The van der Waals surface area contributed by atoms with Gasteiger partial charge in [-0.15, -0.1) is 23.5 Å². The fourth-order valence-corrected chi connectivity index (χ4v) is 5.63. The molecule has 0 aliphatic carbocycles. The van der Waals surface area contributed by atoms with Gasteiger partial charge in [0.2, 0.25) is 0 Å². The van der Waals surface area contributed by atoms with Gasteiger partial charge in [-0.05, 0) is 24.3 Å². The van der Waals surface area contributed by atoms with Gasteiger partial charge in [0.1, 0.15) is 0 Å². The molecule has 0 aromatic heterocycles. The van der Waals surface area contributed by atoms with Crippen LogP contribution < -0.4 is 0 Å². The minimum Gasteiger partial charge on any atom is -0.112 e. The fraction of sp³-hybridized carbons (Fsp3) is 0.818. The second-order valence-electron chi connectivity index (χ2n) is 7.11. The van der Waals surface area contributed by atoms with Crippen molar-refractivity contribution in [1.29, 1.82) is 0 Å². The van der Waals surface area contributed by atoms with E-state index in [2.05, 4.69) is 13.8 Å². The summed E-state index contributed by atoms with van der Waals surface area (Å²) in [6.45, 7) is 4.49. The van der Waals surface area contributed by atoms with E-state index in [0.717, 1.165) is 24.3 Å². The lowest BCUT2D eigenvalue weighted by molar-refractivity contribution is 0.604. The van der Waals surface area contributed by atoms with Gasteiger partial charge in [0.25, 0.3) is 0 Å². The van der Waals surface area contributed by atoms with Crippen LogP contribution in [0.15, 0.2) is 18.8 Å². The predicted octanol–water partition coefficient (Wildman–Crippen LogP) is 11.2. The Balaban J connectivity index is 3.99. The highest BCUT2D eigenvalue weighted by molar-refractivity contribution is 8.05. The standard InChI is InChI=1S/C22H38Cl4S2/c1-3-5-7-9-11-13-15-17-27-21(25)19(23)20(24)22(26)28-18-16-14-12-10-8-6-4-2/h3-18H2,1-2H3/b21-19+,22-20+. The number of thioether (sulfide) groups is 2. The Bertz CT molecular complexity index is 396. The molecule has 0 aromatic carbocycles. The molecular formula is C22H38Cl4S2. The molecule has 0 amide bonds.